The molecule has 2 fully saturated rings. The largest absolute Gasteiger partial charge is 0.370 e. The molecule has 0 saturated carbocycles. The predicted molar refractivity (Wildman–Crippen MR) is 118 cm³/mol. The predicted octanol–water partition coefficient (Wildman–Crippen LogP) is 3.35. The second-order valence-corrected chi connectivity index (χ2v) is 10.0. The van der Waals surface area contributed by atoms with Crippen LogP contribution in [-0.2, 0) is 10.0 Å². The molecular formula is C23H28FN3O3S. The molecule has 0 radical (unpaired) electrons. The molecule has 2 heterocycles. The van der Waals surface area contributed by atoms with E-state index in [9.17, 15) is 17.6 Å². The van der Waals surface area contributed by atoms with E-state index in [0.29, 0.717) is 38.3 Å². The highest BCUT2D eigenvalue weighted by atomic mass is 32.2. The van der Waals surface area contributed by atoms with E-state index in [2.05, 4.69) is 4.90 Å². The molecule has 0 aromatic heterocycles. The summed E-state index contributed by atoms with van der Waals surface area (Å²) in [5, 5.41) is 0. The summed E-state index contributed by atoms with van der Waals surface area (Å²) in [6.45, 7) is 3.61. The second kappa shape index (κ2) is 9.36. The van der Waals surface area contributed by atoms with E-state index < -0.39 is 10.0 Å². The summed E-state index contributed by atoms with van der Waals surface area (Å²) >= 11 is 0. The number of benzene rings is 2. The molecule has 166 valence electrons. The van der Waals surface area contributed by atoms with Gasteiger partial charge in [-0.15, -0.1) is 0 Å². The molecule has 2 aromatic rings. The van der Waals surface area contributed by atoms with Crippen LogP contribution < -0.4 is 4.90 Å². The van der Waals surface area contributed by atoms with Gasteiger partial charge in [0.2, 0.25) is 10.0 Å². The van der Waals surface area contributed by atoms with Crippen LogP contribution in [0, 0.1) is 5.82 Å². The number of halogens is 1. The molecule has 0 bridgehead atoms. The minimum absolute atomic E-state index is 0.156. The van der Waals surface area contributed by atoms with E-state index in [1.54, 1.807) is 35.2 Å². The number of nitrogens with zero attached hydrogens (tertiary/aromatic N) is 3. The Morgan fingerprint density at radius 3 is 2.29 bits per heavy atom. The van der Waals surface area contributed by atoms with E-state index in [0.717, 1.165) is 37.9 Å². The maximum absolute atomic E-state index is 13.2. The van der Waals surface area contributed by atoms with Gasteiger partial charge in [-0.1, -0.05) is 12.5 Å². The summed E-state index contributed by atoms with van der Waals surface area (Å²) in [5.74, 6) is -0.425. The first-order valence-electron chi connectivity index (χ1n) is 10.9. The average Bonchev–Trinajstić information content (AvgIpc) is 3.06. The highest BCUT2D eigenvalue weighted by Crippen LogP contribution is 2.23. The van der Waals surface area contributed by atoms with Gasteiger partial charge < -0.3 is 9.80 Å². The van der Waals surface area contributed by atoms with Crippen LogP contribution in [0.25, 0.3) is 0 Å². The molecule has 2 aromatic carbocycles. The lowest BCUT2D eigenvalue weighted by atomic mass is 10.2. The molecule has 0 atom stereocenters. The standard InChI is InChI=1S/C23H28FN3O3S/c24-20-8-10-21(11-9-20)25-12-5-13-26(17-16-25)23(28)19-6-4-7-22(18-19)31(29,30)27-14-2-1-3-15-27/h4,6-11,18H,1-3,5,12-17H2. The highest BCUT2D eigenvalue weighted by Gasteiger charge is 2.27. The van der Waals surface area contributed by atoms with Gasteiger partial charge in [0, 0.05) is 50.5 Å². The van der Waals surface area contributed by atoms with E-state index in [4.69, 9.17) is 0 Å². The zero-order valence-corrected chi connectivity index (χ0v) is 18.4. The van der Waals surface area contributed by atoms with Crippen LogP contribution >= 0.6 is 0 Å². The van der Waals surface area contributed by atoms with Crippen LogP contribution in [0.3, 0.4) is 0 Å². The van der Waals surface area contributed by atoms with E-state index >= 15 is 0 Å². The molecule has 2 aliphatic rings. The van der Waals surface area contributed by atoms with Crippen molar-refractivity contribution in [3.8, 4) is 0 Å². The Bertz CT molecular complexity index is 1020. The van der Waals surface area contributed by atoms with Gasteiger partial charge >= 0.3 is 0 Å². The Hall–Kier alpha value is -2.45. The number of sulfonamides is 1. The van der Waals surface area contributed by atoms with E-state index in [1.807, 2.05) is 0 Å². The van der Waals surface area contributed by atoms with Gasteiger partial charge in [0.15, 0.2) is 0 Å². The van der Waals surface area contributed by atoms with Gasteiger partial charge in [-0.2, -0.15) is 4.31 Å². The minimum Gasteiger partial charge on any atom is -0.370 e. The number of hydrogen-bond donors (Lipinski definition) is 0. The van der Waals surface area contributed by atoms with Crippen molar-refractivity contribution >= 4 is 21.6 Å². The van der Waals surface area contributed by atoms with Crippen molar-refractivity contribution in [3.63, 3.8) is 0 Å². The zero-order chi connectivity index (χ0) is 21.8. The van der Waals surface area contributed by atoms with Crippen LogP contribution in [0.1, 0.15) is 36.0 Å². The van der Waals surface area contributed by atoms with E-state index in [-0.39, 0.29) is 16.6 Å². The number of piperidine rings is 1. The van der Waals surface area contributed by atoms with Crippen molar-refractivity contribution in [2.45, 2.75) is 30.6 Å². The third-order valence-corrected chi connectivity index (χ3v) is 7.90. The average molecular weight is 446 g/mol. The lowest BCUT2D eigenvalue weighted by molar-refractivity contribution is 0.0766. The normalized spacial score (nSPS) is 18.6. The summed E-state index contributed by atoms with van der Waals surface area (Å²) in [4.78, 5) is 17.2. The quantitative estimate of drug-likeness (QED) is 0.724. The third kappa shape index (κ3) is 4.91. The number of carbonyl (C=O) groups is 1. The molecule has 0 N–H and O–H groups in total. The number of rotatable bonds is 4. The van der Waals surface area contributed by atoms with Crippen LogP contribution in [0.5, 0.6) is 0 Å². The Labute approximate surface area is 183 Å². The van der Waals surface area contributed by atoms with Crippen molar-refractivity contribution in [3.05, 3.63) is 59.9 Å². The minimum atomic E-state index is -3.58. The second-order valence-electron chi connectivity index (χ2n) is 8.10. The van der Waals surface area contributed by atoms with Crippen LogP contribution in [0.15, 0.2) is 53.4 Å². The van der Waals surface area contributed by atoms with Gasteiger partial charge in [-0.3, -0.25) is 4.79 Å². The Kier molecular flexibility index (Phi) is 6.57. The van der Waals surface area contributed by atoms with Gasteiger partial charge in [0.05, 0.1) is 4.90 Å². The first kappa shape index (κ1) is 21.8. The van der Waals surface area contributed by atoms with Crippen molar-refractivity contribution in [1.82, 2.24) is 9.21 Å². The zero-order valence-electron chi connectivity index (χ0n) is 17.5. The monoisotopic (exact) mass is 445 g/mol. The van der Waals surface area contributed by atoms with Gasteiger partial charge in [-0.05, 0) is 61.7 Å². The molecule has 0 unspecified atom stereocenters. The topological polar surface area (TPSA) is 60.9 Å². The fourth-order valence-electron chi connectivity index (χ4n) is 4.26. The van der Waals surface area contributed by atoms with Crippen LogP contribution in [0.4, 0.5) is 10.1 Å². The molecule has 4 rings (SSSR count). The van der Waals surface area contributed by atoms with Crippen molar-refractivity contribution in [2.24, 2.45) is 0 Å². The Morgan fingerprint density at radius 1 is 0.806 bits per heavy atom. The summed E-state index contributed by atoms with van der Waals surface area (Å²) in [7, 11) is -3.58. The maximum atomic E-state index is 13.2. The molecule has 2 aliphatic heterocycles. The van der Waals surface area contributed by atoms with Crippen molar-refractivity contribution in [2.75, 3.05) is 44.2 Å². The maximum Gasteiger partial charge on any atom is 0.253 e. The molecule has 6 nitrogen and oxygen atoms in total. The Balaban J connectivity index is 1.47. The van der Waals surface area contributed by atoms with Crippen molar-refractivity contribution in [1.29, 1.82) is 0 Å². The molecular weight excluding hydrogens is 417 g/mol. The first-order chi connectivity index (χ1) is 14.9. The highest BCUT2D eigenvalue weighted by molar-refractivity contribution is 7.89. The number of anilines is 1. The molecule has 1 amide bonds. The van der Waals surface area contributed by atoms with Gasteiger partial charge in [0.1, 0.15) is 5.82 Å². The molecule has 8 heteroatoms. The lowest BCUT2D eigenvalue weighted by Crippen LogP contribution is -2.36. The van der Waals surface area contributed by atoms with Crippen LogP contribution in [0.2, 0.25) is 0 Å². The first-order valence-corrected chi connectivity index (χ1v) is 12.3. The molecule has 0 spiro atoms. The third-order valence-electron chi connectivity index (χ3n) is 6.01. The number of hydrogen-bond acceptors (Lipinski definition) is 4. The molecule has 31 heavy (non-hydrogen) atoms. The van der Waals surface area contributed by atoms with Gasteiger partial charge in [0.25, 0.3) is 5.91 Å². The van der Waals surface area contributed by atoms with Gasteiger partial charge in [-0.25, -0.2) is 12.8 Å². The summed E-state index contributed by atoms with van der Waals surface area (Å²) in [5.41, 5.74) is 1.33. The smallest absolute Gasteiger partial charge is 0.253 e. The van der Waals surface area contributed by atoms with E-state index in [1.165, 1.54) is 22.5 Å². The SMILES string of the molecule is O=C(c1cccc(S(=O)(=O)N2CCCCC2)c1)N1CCCN(c2ccc(F)cc2)CC1. The summed E-state index contributed by atoms with van der Waals surface area (Å²) in [6.07, 6.45) is 3.58. The molecule has 2 saturated heterocycles. The fraction of sp³-hybridized carbons (Fsp3) is 0.435. The summed E-state index contributed by atoms with van der Waals surface area (Å²) < 4.78 is 40.7. The number of carbonyl (C=O) groups excluding carboxylic acids is 1. The Morgan fingerprint density at radius 2 is 1.55 bits per heavy atom. The molecule has 0 aliphatic carbocycles. The van der Waals surface area contributed by atoms with Crippen LogP contribution in [-0.4, -0.2) is 62.8 Å². The number of amides is 1. The lowest BCUT2D eigenvalue weighted by Gasteiger charge is -2.26. The fourth-order valence-corrected chi connectivity index (χ4v) is 5.82. The van der Waals surface area contributed by atoms with Crippen molar-refractivity contribution < 1.29 is 17.6 Å². The summed E-state index contributed by atoms with van der Waals surface area (Å²) in [6, 6.07) is 12.8.